The van der Waals surface area contributed by atoms with Crippen molar-refractivity contribution in [2.45, 2.75) is 6.54 Å². The van der Waals surface area contributed by atoms with Crippen LogP contribution >= 0.6 is 0 Å². The second-order valence-corrected chi connectivity index (χ2v) is 4.44. The number of carboxylic acid groups (broad SMARTS) is 1. The highest BCUT2D eigenvalue weighted by atomic mass is 19.1. The normalized spacial score (nSPS) is 10.2. The molecule has 0 bridgehead atoms. The van der Waals surface area contributed by atoms with E-state index in [1.54, 1.807) is 41.3 Å². The number of carbonyl (C=O) groups is 1. The Morgan fingerprint density at radius 3 is 2.40 bits per heavy atom. The van der Waals surface area contributed by atoms with Crippen LogP contribution < -0.4 is 10.6 Å². The summed E-state index contributed by atoms with van der Waals surface area (Å²) in [6.45, 7) is 0.173. The van der Waals surface area contributed by atoms with E-state index < -0.39 is 5.97 Å². The van der Waals surface area contributed by atoms with E-state index >= 15 is 0 Å². The van der Waals surface area contributed by atoms with E-state index in [-0.39, 0.29) is 12.4 Å². The first kappa shape index (κ1) is 13.9. The van der Waals surface area contributed by atoms with E-state index in [4.69, 9.17) is 10.8 Å². The van der Waals surface area contributed by atoms with Gasteiger partial charge in [0.15, 0.2) is 0 Å². The zero-order valence-electron chi connectivity index (χ0n) is 10.8. The zero-order valence-corrected chi connectivity index (χ0v) is 10.8. The summed E-state index contributed by atoms with van der Waals surface area (Å²) in [4.78, 5) is 12.6. The minimum atomic E-state index is -0.949. The van der Waals surface area contributed by atoms with Gasteiger partial charge in [0.2, 0.25) is 0 Å². The zero-order chi connectivity index (χ0) is 14.5. The molecule has 0 spiro atoms. The molecule has 0 saturated heterocycles. The molecule has 0 heterocycles. The number of halogens is 1. The number of anilines is 2. The monoisotopic (exact) mass is 274 g/mol. The molecule has 20 heavy (non-hydrogen) atoms. The van der Waals surface area contributed by atoms with Crippen molar-refractivity contribution in [2.75, 3.05) is 17.2 Å². The van der Waals surface area contributed by atoms with Crippen LogP contribution in [0.4, 0.5) is 15.8 Å². The van der Waals surface area contributed by atoms with Gasteiger partial charge in [0.1, 0.15) is 12.4 Å². The molecule has 0 fully saturated rings. The van der Waals surface area contributed by atoms with Crippen molar-refractivity contribution in [3.05, 3.63) is 59.9 Å². The summed E-state index contributed by atoms with van der Waals surface area (Å²) < 4.78 is 12.9. The first-order valence-corrected chi connectivity index (χ1v) is 6.12. The fourth-order valence-corrected chi connectivity index (χ4v) is 1.98. The highest BCUT2D eigenvalue weighted by Gasteiger charge is 2.13. The lowest BCUT2D eigenvalue weighted by Gasteiger charge is -2.24. The number of hydrogen-bond donors (Lipinski definition) is 2. The number of aliphatic carboxylic acids is 1. The van der Waals surface area contributed by atoms with E-state index in [1.165, 1.54) is 12.1 Å². The third-order valence-corrected chi connectivity index (χ3v) is 2.89. The van der Waals surface area contributed by atoms with Crippen molar-refractivity contribution in [1.29, 1.82) is 0 Å². The lowest BCUT2D eigenvalue weighted by Crippen LogP contribution is -2.29. The first-order valence-electron chi connectivity index (χ1n) is 6.12. The highest BCUT2D eigenvalue weighted by molar-refractivity contribution is 5.77. The Bertz CT molecular complexity index is 599. The Balaban J connectivity index is 2.26. The maximum atomic E-state index is 12.9. The van der Waals surface area contributed by atoms with Gasteiger partial charge in [-0.3, -0.25) is 4.79 Å². The Kier molecular flexibility index (Phi) is 4.20. The fraction of sp³-hybridized carbons (Fsp3) is 0.133. The van der Waals surface area contributed by atoms with E-state index in [0.717, 1.165) is 5.56 Å². The molecule has 0 radical (unpaired) electrons. The molecule has 0 aliphatic carbocycles. The number of nitrogens with zero attached hydrogens (tertiary/aromatic N) is 1. The molecule has 104 valence electrons. The topological polar surface area (TPSA) is 66.6 Å². The van der Waals surface area contributed by atoms with Crippen LogP contribution in [0.25, 0.3) is 0 Å². The molecule has 4 nitrogen and oxygen atoms in total. The average molecular weight is 274 g/mol. The van der Waals surface area contributed by atoms with Crippen molar-refractivity contribution < 1.29 is 14.3 Å². The van der Waals surface area contributed by atoms with Gasteiger partial charge in [0.05, 0.1) is 11.4 Å². The molecule has 0 unspecified atom stereocenters. The van der Waals surface area contributed by atoms with Crippen LogP contribution in [0, 0.1) is 5.82 Å². The molecule has 0 aromatic heterocycles. The largest absolute Gasteiger partial charge is 0.480 e. The van der Waals surface area contributed by atoms with Gasteiger partial charge in [-0.1, -0.05) is 24.3 Å². The second-order valence-electron chi connectivity index (χ2n) is 4.44. The van der Waals surface area contributed by atoms with E-state index in [1.807, 2.05) is 0 Å². The molecule has 2 rings (SSSR count). The maximum Gasteiger partial charge on any atom is 0.323 e. The summed E-state index contributed by atoms with van der Waals surface area (Å²) in [6.07, 6.45) is 0. The third-order valence-electron chi connectivity index (χ3n) is 2.89. The standard InChI is InChI=1S/C15H15FN2O2/c16-12-7-5-11(6-8-12)9-18(10-15(19)20)14-4-2-1-3-13(14)17/h1-8H,9-10,17H2,(H,19,20). The predicted molar refractivity (Wildman–Crippen MR) is 75.9 cm³/mol. The van der Waals surface area contributed by atoms with Crippen molar-refractivity contribution in [3.8, 4) is 0 Å². The number of rotatable bonds is 5. The number of nitrogen functional groups attached to an aromatic ring is 1. The van der Waals surface area contributed by atoms with Crippen LogP contribution in [0.15, 0.2) is 48.5 Å². The van der Waals surface area contributed by atoms with Gasteiger partial charge in [-0.15, -0.1) is 0 Å². The SMILES string of the molecule is Nc1ccccc1N(CC(=O)O)Cc1ccc(F)cc1. The Morgan fingerprint density at radius 2 is 1.80 bits per heavy atom. The maximum absolute atomic E-state index is 12.9. The Labute approximate surface area is 116 Å². The van der Waals surface area contributed by atoms with E-state index in [2.05, 4.69) is 0 Å². The van der Waals surface area contributed by atoms with Crippen molar-refractivity contribution in [1.82, 2.24) is 0 Å². The molecule has 5 heteroatoms. The summed E-state index contributed by atoms with van der Waals surface area (Å²) in [7, 11) is 0. The third kappa shape index (κ3) is 3.47. The molecule has 2 aromatic rings. The van der Waals surface area contributed by atoms with Crippen molar-refractivity contribution in [3.63, 3.8) is 0 Å². The summed E-state index contributed by atoms with van der Waals surface area (Å²) in [5, 5.41) is 9.02. The average Bonchev–Trinajstić information content (AvgIpc) is 2.41. The van der Waals surface area contributed by atoms with Crippen LogP contribution in [-0.4, -0.2) is 17.6 Å². The van der Waals surface area contributed by atoms with Gasteiger partial charge in [-0.25, -0.2) is 4.39 Å². The minimum Gasteiger partial charge on any atom is -0.480 e. The second kappa shape index (κ2) is 6.06. The molecule has 0 aliphatic rings. The minimum absolute atomic E-state index is 0.175. The molecular weight excluding hydrogens is 259 g/mol. The molecule has 0 aliphatic heterocycles. The lowest BCUT2D eigenvalue weighted by molar-refractivity contribution is -0.135. The Hall–Kier alpha value is -2.56. The molecule has 2 aromatic carbocycles. The van der Waals surface area contributed by atoms with Gasteiger partial charge in [-0.2, -0.15) is 0 Å². The van der Waals surface area contributed by atoms with Crippen LogP contribution in [0.3, 0.4) is 0 Å². The fourth-order valence-electron chi connectivity index (χ4n) is 1.98. The Morgan fingerprint density at radius 1 is 1.15 bits per heavy atom. The van der Waals surface area contributed by atoms with Gasteiger partial charge >= 0.3 is 5.97 Å². The van der Waals surface area contributed by atoms with Gasteiger partial charge in [0.25, 0.3) is 0 Å². The van der Waals surface area contributed by atoms with Crippen molar-refractivity contribution in [2.24, 2.45) is 0 Å². The first-order chi connectivity index (χ1) is 9.56. The predicted octanol–water partition coefficient (Wildman–Crippen LogP) is 2.50. The highest BCUT2D eigenvalue weighted by Crippen LogP contribution is 2.24. The number of hydrogen-bond acceptors (Lipinski definition) is 3. The smallest absolute Gasteiger partial charge is 0.323 e. The van der Waals surface area contributed by atoms with E-state index in [9.17, 15) is 9.18 Å². The van der Waals surface area contributed by atoms with Crippen molar-refractivity contribution >= 4 is 17.3 Å². The van der Waals surface area contributed by atoms with E-state index in [0.29, 0.717) is 17.9 Å². The summed E-state index contributed by atoms with van der Waals surface area (Å²) in [5.74, 6) is -1.27. The van der Waals surface area contributed by atoms with Gasteiger partial charge < -0.3 is 15.7 Å². The molecule has 0 atom stereocenters. The lowest BCUT2D eigenvalue weighted by atomic mass is 10.1. The molecule has 3 N–H and O–H groups in total. The van der Waals surface area contributed by atoms with Gasteiger partial charge in [-0.05, 0) is 29.8 Å². The van der Waals surface area contributed by atoms with Crippen LogP contribution in [0.1, 0.15) is 5.56 Å². The number of para-hydroxylation sites is 2. The number of carboxylic acids is 1. The summed E-state index contributed by atoms with van der Waals surface area (Å²) in [5.41, 5.74) is 7.86. The van der Waals surface area contributed by atoms with Crippen LogP contribution in [0.2, 0.25) is 0 Å². The summed E-state index contributed by atoms with van der Waals surface area (Å²) >= 11 is 0. The number of nitrogens with two attached hydrogens (primary N) is 1. The quantitative estimate of drug-likeness (QED) is 0.822. The number of benzene rings is 2. The molecular formula is C15H15FN2O2. The van der Waals surface area contributed by atoms with Crippen LogP contribution in [-0.2, 0) is 11.3 Å². The molecule has 0 amide bonds. The van der Waals surface area contributed by atoms with Gasteiger partial charge in [0, 0.05) is 6.54 Å². The molecule has 0 saturated carbocycles. The summed E-state index contributed by atoms with van der Waals surface area (Å²) in [6, 6.07) is 13.0. The van der Waals surface area contributed by atoms with Crippen LogP contribution in [0.5, 0.6) is 0 Å².